The topological polar surface area (TPSA) is 173 Å². The number of rotatable bonds is 7. The molecule has 0 radical (unpaired) electrons. The van der Waals surface area contributed by atoms with Gasteiger partial charge in [0.2, 0.25) is 11.9 Å². The van der Waals surface area contributed by atoms with Crippen LogP contribution in [0.5, 0.6) is 0 Å². The van der Waals surface area contributed by atoms with Gasteiger partial charge in [0.05, 0.1) is 13.2 Å². The average molecular weight is 580 g/mol. The molecule has 13 nitrogen and oxygen atoms in total. The first-order chi connectivity index (χ1) is 20.2. The number of anilines is 3. The number of nitrogens with two attached hydrogens (primary N) is 2. The Morgan fingerprint density at radius 2 is 1.55 bits per heavy atom. The van der Waals surface area contributed by atoms with E-state index in [9.17, 15) is 14.4 Å². The molecule has 4 heterocycles. The van der Waals surface area contributed by atoms with Crippen LogP contribution in [0.15, 0.2) is 36.5 Å². The summed E-state index contributed by atoms with van der Waals surface area (Å²) in [5.41, 5.74) is 13.0. The molecule has 1 aromatic carbocycles. The monoisotopic (exact) mass is 579 g/mol. The molecule has 42 heavy (non-hydrogen) atoms. The molecule has 13 heteroatoms. The fourth-order valence-corrected chi connectivity index (χ4v) is 5.13. The Morgan fingerprint density at radius 1 is 0.905 bits per heavy atom. The van der Waals surface area contributed by atoms with Crippen LogP contribution in [0, 0.1) is 5.92 Å². The number of hydrogen-bond acceptors (Lipinski definition) is 10. The predicted molar refractivity (Wildman–Crippen MR) is 159 cm³/mol. The van der Waals surface area contributed by atoms with Gasteiger partial charge in [-0.05, 0) is 63.3 Å². The number of benzene rings is 1. The third-order valence-electron chi connectivity index (χ3n) is 7.68. The van der Waals surface area contributed by atoms with Gasteiger partial charge in [0.15, 0.2) is 11.5 Å². The van der Waals surface area contributed by atoms with Crippen LogP contribution in [0.4, 0.5) is 17.5 Å². The van der Waals surface area contributed by atoms with Crippen molar-refractivity contribution in [1.29, 1.82) is 0 Å². The van der Waals surface area contributed by atoms with Gasteiger partial charge in [-0.1, -0.05) is 6.58 Å². The second-order valence-electron chi connectivity index (χ2n) is 10.7. The minimum Gasteiger partial charge on any atom is -0.378 e. The fourth-order valence-electron chi connectivity index (χ4n) is 5.13. The van der Waals surface area contributed by atoms with Crippen molar-refractivity contribution in [3.63, 3.8) is 0 Å². The van der Waals surface area contributed by atoms with Gasteiger partial charge in [0.1, 0.15) is 0 Å². The summed E-state index contributed by atoms with van der Waals surface area (Å²) >= 11 is 0. The molecule has 0 atom stereocenters. The Bertz CT molecular complexity index is 1230. The van der Waals surface area contributed by atoms with Crippen LogP contribution in [-0.4, -0.2) is 95.2 Å². The van der Waals surface area contributed by atoms with E-state index in [2.05, 4.69) is 36.9 Å². The first kappa shape index (κ1) is 30.7. The Labute approximate surface area is 246 Å². The van der Waals surface area contributed by atoms with Crippen molar-refractivity contribution < 1.29 is 19.1 Å². The van der Waals surface area contributed by atoms with Crippen molar-refractivity contribution in [2.24, 2.45) is 17.4 Å². The predicted octanol–water partition coefficient (Wildman–Crippen LogP) is 1.89. The van der Waals surface area contributed by atoms with Gasteiger partial charge in [-0.15, -0.1) is 10.2 Å². The number of carbonyl (C=O) groups excluding carboxylic acids is 3. The summed E-state index contributed by atoms with van der Waals surface area (Å²) in [5.74, 6) is -0.0795. The zero-order valence-corrected chi connectivity index (χ0v) is 24.3. The van der Waals surface area contributed by atoms with Crippen molar-refractivity contribution in [2.45, 2.75) is 39.0 Å². The van der Waals surface area contributed by atoms with Crippen molar-refractivity contribution in [2.75, 3.05) is 62.7 Å². The van der Waals surface area contributed by atoms with Gasteiger partial charge in [-0.3, -0.25) is 14.4 Å². The summed E-state index contributed by atoms with van der Waals surface area (Å²) in [7, 11) is 0. The number of carbonyl (C=O) groups is 3. The third kappa shape index (κ3) is 8.15. The average Bonchev–Trinajstić information content (AvgIpc) is 3.02. The van der Waals surface area contributed by atoms with Gasteiger partial charge >= 0.3 is 0 Å². The molecule has 3 aliphatic rings. The lowest BCUT2D eigenvalue weighted by Gasteiger charge is -2.32. The van der Waals surface area contributed by atoms with Crippen LogP contribution in [-0.2, 0) is 9.53 Å². The SMILES string of the molecule is C=C(C)N1CCC(C(N)=O)CC1.NC(=O)c1nnc(N2CCCCC2)nc1Nc1ccc(C(=O)N2CCOCC2)cc1. The summed E-state index contributed by atoms with van der Waals surface area (Å²) in [6.45, 7) is 11.7. The highest BCUT2D eigenvalue weighted by molar-refractivity contribution is 5.97. The highest BCUT2D eigenvalue weighted by Crippen LogP contribution is 2.22. The highest BCUT2D eigenvalue weighted by Gasteiger charge is 2.23. The Hall–Kier alpha value is -4.26. The molecule has 226 valence electrons. The number of nitrogens with zero attached hydrogens (tertiary/aromatic N) is 6. The van der Waals surface area contributed by atoms with E-state index in [1.54, 1.807) is 29.2 Å². The van der Waals surface area contributed by atoms with E-state index < -0.39 is 5.91 Å². The normalized spacial score (nSPS) is 17.6. The van der Waals surface area contributed by atoms with Gasteiger partial charge in [-0.25, -0.2) is 0 Å². The maximum absolute atomic E-state index is 12.6. The molecule has 5 N–H and O–H groups in total. The third-order valence-corrected chi connectivity index (χ3v) is 7.68. The molecule has 3 amide bonds. The number of likely N-dealkylation sites (tertiary alicyclic amines) is 1. The van der Waals surface area contributed by atoms with Crippen molar-refractivity contribution in [3.05, 3.63) is 47.8 Å². The first-order valence-electron chi connectivity index (χ1n) is 14.5. The van der Waals surface area contributed by atoms with Crippen molar-refractivity contribution >= 4 is 35.2 Å². The van der Waals surface area contributed by atoms with Gasteiger partial charge < -0.3 is 36.2 Å². The summed E-state index contributed by atoms with van der Waals surface area (Å²) in [6.07, 6.45) is 5.08. The number of ether oxygens (including phenoxy) is 1. The van der Waals surface area contributed by atoms with Crippen LogP contribution in [0.2, 0.25) is 0 Å². The number of morpholine rings is 1. The standard InChI is InChI=1S/C20H25N7O3.C9H16N2O/c21-17(28)16-18(23-20(25-24-16)27-8-2-1-3-9-27)22-15-6-4-14(5-7-15)19(29)26-10-12-30-13-11-26;1-7(2)11-5-3-8(4-6-11)9(10)12/h4-7H,1-3,8-13H2,(H2,21,28)(H,22,23,25);8H,1,3-6H2,2H3,(H2,10,12). The molecule has 0 spiro atoms. The zero-order valence-electron chi connectivity index (χ0n) is 24.3. The minimum absolute atomic E-state index is 0.0239. The highest BCUT2D eigenvalue weighted by atomic mass is 16.5. The van der Waals surface area contributed by atoms with Gasteiger partial charge in [0, 0.05) is 62.1 Å². The lowest BCUT2D eigenvalue weighted by atomic mass is 9.96. The van der Waals surface area contributed by atoms with E-state index in [0.29, 0.717) is 43.5 Å². The molecule has 0 saturated carbocycles. The van der Waals surface area contributed by atoms with Crippen LogP contribution in [0.1, 0.15) is 59.9 Å². The Balaban J connectivity index is 0.000000283. The summed E-state index contributed by atoms with van der Waals surface area (Å²) < 4.78 is 5.29. The lowest BCUT2D eigenvalue weighted by molar-refractivity contribution is -0.123. The second kappa shape index (κ2) is 14.6. The number of allylic oxidation sites excluding steroid dienone is 1. The van der Waals surface area contributed by atoms with Gasteiger partial charge in [-0.2, -0.15) is 4.98 Å². The number of amides is 3. The first-order valence-corrected chi connectivity index (χ1v) is 14.5. The fraction of sp³-hybridized carbons (Fsp3) is 0.517. The van der Waals surface area contributed by atoms with Crippen LogP contribution < -0.4 is 21.7 Å². The molecular formula is C29H41N9O4. The number of piperidine rings is 2. The van der Waals surface area contributed by atoms with E-state index >= 15 is 0 Å². The molecule has 5 rings (SSSR count). The largest absolute Gasteiger partial charge is 0.378 e. The number of hydrogen-bond donors (Lipinski definition) is 3. The minimum atomic E-state index is -0.707. The molecule has 3 saturated heterocycles. The van der Waals surface area contributed by atoms with Crippen molar-refractivity contribution in [3.8, 4) is 0 Å². The second-order valence-corrected chi connectivity index (χ2v) is 10.7. The summed E-state index contributed by atoms with van der Waals surface area (Å²) in [5, 5.41) is 11.2. The lowest BCUT2D eigenvalue weighted by Crippen LogP contribution is -2.40. The quantitative estimate of drug-likeness (QED) is 0.440. The molecule has 1 aromatic heterocycles. The molecule has 0 unspecified atom stereocenters. The number of primary amides is 2. The Kier molecular flexibility index (Phi) is 10.7. The number of aromatic nitrogens is 3. The maximum Gasteiger partial charge on any atom is 0.273 e. The zero-order chi connectivity index (χ0) is 30.1. The van der Waals surface area contributed by atoms with Gasteiger partial charge in [0.25, 0.3) is 11.8 Å². The van der Waals surface area contributed by atoms with Crippen LogP contribution >= 0.6 is 0 Å². The Morgan fingerprint density at radius 3 is 2.12 bits per heavy atom. The maximum atomic E-state index is 12.6. The molecular weight excluding hydrogens is 538 g/mol. The van der Waals surface area contributed by atoms with E-state index in [-0.39, 0.29) is 29.2 Å². The van der Waals surface area contributed by atoms with E-state index in [1.165, 1.54) is 6.42 Å². The summed E-state index contributed by atoms with van der Waals surface area (Å²) in [6, 6.07) is 7.01. The molecule has 0 bridgehead atoms. The van der Waals surface area contributed by atoms with E-state index in [4.69, 9.17) is 16.2 Å². The molecule has 0 aliphatic carbocycles. The van der Waals surface area contributed by atoms with E-state index in [0.717, 1.165) is 57.6 Å². The number of nitrogens with one attached hydrogen (secondary N) is 1. The van der Waals surface area contributed by atoms with Crippen molar-refractivity contribution in [1.82, 2.24) is 25.0 Å². The summed E-state index contributed by atoms with van der Waals surface area (Å²) in [4.78, 5) is 45.7. The van der Waals surface area contributed by atoms with Crippen LogP contribution in [0.3, 0.4) is 0 Å². The van der Waals surface area contributed by atoms with Crippen LogP contribution in [0.25, 0.3) is 0 Å². The molecule has 3 fully saturated rings. The molecule has 3 aliphatic heterocycles. The van der Waals surface area contributed by atoms with E-state index in [1.807, 2.05) is 6.92 Å². The smallest absolute Gasteiger partial charge is 0.273 e. The molecule has 2 aromatic rings.